The summed E-state index contributed by atoms with van der Waals surface area (Å²) in [7, 11) is 0. The van der Waals surface area contributed by atoms with E-state index in [-0.39, 0.29) is 17.4 Å². The number of nitrogens with one attached hydrogen (secondary N) is 1. The van der Waals surface area contributed by atoms with Gasteiger partial charge in [0.1, 0.15) is 5.52 Å². The first-order valence-corrected chi connectivity index (χ1v) is 5.78. The van der Waals surface area contributed by atoms with Crippen LogP contribution in [0.25, 0.3) is 10.9 Å². The van der Waals surface area contributed by atoms with Gasteiger partial charge in [-0.3, -0.25) is 14.9 Å². The Morgan fingerprint density at radius 1 is 1.44 bits per heavy atom. The number of nitro groups is 1. The summed E-state index contributed by atoms with van der Waals surface area (Å²) in [4.78, 5) is 25.3. The summed E-state index contributed by atoms with van der Waals surface area (Å²) in [5, 5.41) is 11.5. The number of hydrogen-bond donors (Lipinski definition) is 1. The highest BCUT2D eigenvalue weighted by molar-refractivity contribution is 6.09. The van der Waals surface area contributed by atoms with Crippen molar-refractivity contribution < 1.29 is 9.72 Å². The molecule has 2 rings (SSSR count). The first-order valence-electron chi connectivity index (χ1n) is 5.78. The zero-order chi connectivity index (χ0) is 13.3. The summed E-state index contributed by atoms with van der Waals surface area (Å²) in [6.07, 6.45) is 2.00. The summed E-state index contributed by atoms with van der Waals surface area (Å²) in [5.74, 6) is 0.276. The number of fused-ring (bicyclic) bond motifs is 1. The van der Waals surface area contributed by atoms with E-state index in [0.717, 1.165) is 0 Å². The normalized spacial score (nSPS) is 11.1. The van der Waals surface area contributed by atoms with Gasteiger partial charge in [-0.25, -0.2) is 0 Å². The van der Waals surface area contributed by atoms with Crippen molar-refractivity contribution in [2.75, 3.05) is 0 Å². The topological polar surface area (TPSA) is 76.0 Å². The molecule has 5 heteroatoms. The van der Waals surface area contributed by atoms with E-state index in [2.05, 4.69) is 4.98 Å². The standard InChI is InChI=1S/C13H14N2O3/c1-8(2)6-12(16)10-7-14-13-9(10)4-3-5-11(13)15(17)18/h3-5,7-8,14H,6H2,1-2H3. The van der Waals surface area contributed by atoms with Crippen molar-refractivity contribution in [3.63, 3.8) is 0 Å². The lowest BCUT2D eigenvalue weighted by molar-refractivity contribution is -0.383. The molecule has 0 spiro atoms. The van der Waals surface area contributed by atoms with Gasteiger partial charge in [0.2, 0.25) is 0 Å². The largest absolute Gasteiger partial charge is 0.355 e. The molecule has 18 heavy (non-hydrogen) atoms. The SMILES string of the molecule is CC(C)CC(=O)c1c[nH]c2c([N+](=O)[O-])cccc12. The van der Waals surface area contributed by atoms with Gasteiger partial charge in [-0.15, -0.1) is 0 Å². The number of carbonyl (C=O) groups is 1. The molecule has 1 N–H and O–H groups in total. The van der Waals surface area contributed by atoms with Crippen LogP contribution in [0.5, 0.6) is 0 Å². The molecule has 1 heterocycles. The molecule has 0 bridgehead atoms. The number of benzene rings is 1. The third-order valence-corrected chi connectivity index (χ3v) is 2.78. The monoisotopic (exact) mass is 246 g/mol. The van der Waals surface area contributed by atoms with Crippen molar-refractivity contribution in [1.29, 1.82) is 0 Å². The van der Waals surface area contributed by atoms with E-state index in [0.29, 0.717) is 22.9 Å². The Labute approximate surface area is 104 Å². The molecule has 0 aliphatic heterocycles. The minimum absolute atomic E-state index is 0.00361. The summed E-state index contributed by atoms with van der Waals surface area (Å²) < 4.78 is 0. The number of para-hydroxylation sites is 1. The van der Waals surface area contributed by atoms with Crippen LogP contribution in [-0.4, -0.2) is 15.7 Å². The van der Waals surface area contributed by atoms with Gasteiger partial charge < -0.3 is 4.98 Å². The molecule has 1 aromatic heterocycles. The molecular weight excluding hydrogens is 232 g/mol. The molecule has 0 saturated carbocycles. The second-order valence-electron chi connectivity index (χ2n) is 4.68. The molecule has 2 aromatic rings. The molecule has 5 nitrogen and oxygen atoms in total. The van der Waals surface area contributed by atoms with Crippen molar-refractivity contribution >= 4 is 22.4 Å². The first-order chi connectivity index (χ1) is 8.50. The summed E-state index contributed by atoms with van der Waals surface area (Å²) in [5.41, 5.74) is 0.938. The lowest BCUT2D eigenvalue weighted by atomic mass is 10.0. The number of non-ortho nitro benzene ring substituents is 1. The van der Waals surface area contributed by atoms with Crippen LogP contribution in [0, 0.1) is 16.0 Å². The molecular formula is C13H14N2O3. The molecule has 0 radical (unpaired) electrons. The predicted octanol–water partition coefficient (Wildman–Crippen LogP) is 3.30. The molecule has 0 saturated heterocycles. The van der Waals surface area contributed by atoms with Gasteiger partial charge in [0.15, 0.2) is 5.78 Å². The Morgan fingerprint density at radius 2 is 2.17 bits per heavy atom. The minimum Gasteiger partial charge on any atom is -0.355 e. The quantitative estimate of drug-likeness (QED) is 0.510. The third-order valence-electron chi connectivity index (χ3n) is 2.78. The van der Waals surface area contributed by atoms with Crippen molar-refractivity contribution in [2.24, 2.45) is 5.92 Å². The lowest BCUT2D eigenvalue weighted by Gasteiger charge is -2.02. The maximum absolute atomic E-state index is 12.0. The maximum atomic E-state index is 12.0. The number of nitro benzene ring substituents is 1. The van der Waals surface area contributed by atoms with Crippen molar-refractivity contribution in [3.8, 4) is 0 Å². The summed E-state index contributed by atoms with van der Waals surface area (Å²) in [6.45, 7) is 3.93. The van der Waals surface area contributed by atoms with Crippen LogP contribution in [0.15, 0.2) is 24.4 Å². The fraction of sp³-hybridized carbons (Fsp3) is 0.308. The van der Waals surface area contributed by atoms with E-state index < -0.39 is 4.92 Å². The van der Waals surface area contributed by atoms with Crippen LogP contribution >= 0.6 is 0 Å². The van der Waals surface area contributed by atoms with Crippen LogP contribution < -0.4 is 0 Å². The molecule has 1 aromatic carbocycles. The molecule has 94 valence electrons. The smallest absolute Gasteiger partial charge is 0.293 e. The highest BCUT2D eigenvalue weighted by Crippen LogP contribution is 2.28. The van der Waals surface area contributed by atoms with Crippen LogP contribution in [-0.2, 0) is 0 Å². The van der Waals surface area contributed by atoms with Gasteiger partial charge in [0, 0.05) is 29.6 Å². The van der Waals surface area contributed by atoms with Crippen LogP contribution in [0.1, 0.15) is 30.6 Å². The number of ketones is 1. The first kappa shape index (κ1) is 12.3. The molecule has 0 aliphatic carbocycles. The predicted molar refractivity (Wildman–Crippen MR) is 68.7 cm³/mol. The second-order valence-corrected chi connectivity index (χ2v) is 4.68. The zero-order valence-electron chi connectivity index (χ0n) is 10.3. The Bertz CT molecular complexity index is 614. The van der Waals surface area contributed by atoms with Crippen LogP contribution in [0.2, 0.25) is 0 Å². The van der Waals surface area contributed by atoms with Crippen LogP contribution in [0.4, 0.5) is 5.69 Å². The highest BCUT2D eigenvalue weighted by Gasteiger charge is 2.18. The molecule has 0 amide bonds. The van der Waals surface area contributed by atoms with E-state index in [1.54, 1.807) is 18.3 Å². The van der Waals surface area contributed by atoms with E-state index in [1.807, 2.05) is 13.8 Å². The van der Waals surface area contributed by atoms with Gasteiger partial charge in [-0.05, 0) is 5.92 Å². The summed E-state index contributed by atoms with van der Waals surface area (Å²) in [6, 6.07) is 4.75. The lowest BCUT2D eigenvalue weighted by Crippen LogP contribution is -2.02. The van der Waals surface area contributed by atoms with Gasteiger partial charge >= 0.3 is 0 Å². The Hall–Kier alpha value is -2.17. The van der Waals surface area contributed by atoms with Gasteiger partial charge in [-0.2, -0.15) is 0 Å². The van der Waals surface area contributed by atoms with Crippen molar-refractivity contribution in [2.45, 2.75) is 20.3 Å². The maximum Gasteiger partial charge on any atom is 0.293 e. The zero-order valence-corrected chi connectivity index (χ0v) is 10.3. The summed E-state index contributed by atoms with van der Waals surface area (Å²) >= 11 is 0. The minimum atomic E-state index is -0.449. The Balaban J connectivity index is 2.52. The molecule has 0 unspecified atom stereocenters. The number of H-pyrrole nitrogens is 1. The average Bonchev–Trinajstić information content (AvgIpc) is 2.70. The van der Waals surface area contributed by atoms with Crippen LogP contribution in [0.3, 0.4) is 0 Å². The van der Waals surface area contributed by atoms with E-state index >= 15 is 0 Å². The molecule has 0 fully saturated rings. The number of hydrogen-bond acceptors (Lipinski definition) is 3. The van der Waals surface area contributed by atoms with Gasteiger partial charge in [0.05, 0.1) is 4.92 Å². The number of carbonyl (C=O) groups excluding carboxylic acids is 1. The Kier molecular flexibility index (Phi) is 3.14. The fourth-order valence-corrected chi connectivity index (χ4v) is 2.00. The van der Waals surface area contributed by atoms with Gasteiger partial charge in [0.25, 0.3) is 5.69 Å². The molecule has 0 aliphatic rings. The van der Waals surface area contributed by atoms with E-state index in [1.165, 1.54) is 6.07 Å². The van der Waals surface area contributed by atoms with Gasteiger partial charge in [-0.1, -0.05) is 26.0 Å². The number of nitrogens with zero attached hydrogens (tertiary/aromatic N) is 1. The molecule has 0 atom stereocenters. The van der Waals surface area contributed by atoms with Crippen molar-refractivity contribution in [3.05, 3.63) is 40.1 Å². The number of aromatic amines is 1. The average molecular weight is 246 g/mol. The number of Topliss-reactive ketones (excluding diaryl/α,β-unsaturated/α-hetero) is 1. The van der Waals surface area contributed by atoms with E-state index in [9.17, 15) is 14.9 Å². The Morgan fingerprint density at radius 3 is 2.78 bits per heavy atom. The second kappa shape index (κ2) is 4.60. The van der Waals surface area contributed by atoms with E-state index in [4.69, 9.17) is 0 Å². The number of aromatic nitrogens is 1. The highest BCUT2D eigenvalue weighted by atomic mass is 16.6. The fourth-order valence-electron chi connectivity index (χ4n) is 2.00. The third kappa shape index (κ3) is 2.11. The number of rotatable bonds is 4. The van der Waals surface area contributed by atoms with Crippen molar-refractivity contribution in [1.82, 2.24) is 4.98 Å².